The number of thioether (sulfide) groups is 1. The Morgan fingerprint density at radius 3 is 2.79 bits per heavy atom. The molecular formula is C21H23N3O3S. The van der Waals surface area contributed by atoms with Gasteiger partial charge in [-0.1, -0.05) is 36.0 Å². The average molecular weight is 398 g/mol. The fourth-order valence-electron chi connectivity index (χ4n) is 3.80. The molecule has 0 spiro atoms. The number of nitrogens with zero attached hydrogens (tertiary/aromatic N) is 2. The van der Waals surface area contributed by atoms with E-state index < -0.39 is 0 Å². The predicted molar refractivity (Wildman–Crippen MR) is 112 cm³/mol. The van der Waals surface area contributed by atoms with Crippen LogP contribution >= 0.6 is 11.8 Å². The summed E-state index contributed by atoms with van der Waals surface area (Å²) in [5.41, 5.74) is 0.646. The minimum absolute atomic E-state index is 0.0368. The van der Waals surface area contributed by atoms with Crippen molar-refractivity contribution in [1.82, 2.24) is 10.2 Å². The number of benzene rings is 2. The highest BCUT2D eigenvalue weighted by Crippen LogP contribution is 2.30. The normalized spacial score (nSPS) is 19.4. The predicted octanol–water partition coefficient (Wildman–Crippen LogP) is 2.92. The number of rotatable bonds is 3. The van der Waals surface area contributed by atoms with Crippen molar-refractivity contribution in [1.29, 1.82) is 0 Å². The third-order valence-corrected chi connectivity index (χ3v) is 6.12. The molecule has 1 saturated heterocycles. The Morgan fingerprint density at radius 1 is 1.21 bits per heavy atom. The fraction of sp³-hybridized carbons (Fsp3) is 0.381. The van der Waals surface area contributed by atoms with Crippen molar-refractivity contribution >= 4 is 39.5 Å². The Kier molecular flexibility index (Phi) is 5.52. The summed E-state index contributed by atoms with van der Waals surface area (Å²) in [6.45, 7) is 1.85. The highest BCUT2D eigenvalue weighted by atomic mass is 32.2. The number of amides is 2. The number of fused-ring (bicyclic) bond motifs is 1. The van der Waals surface area contributed by atoms with Crippen LogP contribution in [0.4, 0.5) is 0 Å². The van der Waals surface area contributed by atoms with Gasteiger partial charge in [0.25, 0.3) is 5.91 Å². The highest BCUT2D eigenvalue weighted by molar-refractivity contribution is 8.14. The van der Waals surface area contributed by atoms with Gasteiger partial charge in [-0.05, 0) is 30.4 Å². The van der Waals surface area contributed by atoms with Crippen molar-refractivity contribution in [3.63, 3.8) is 0 Å². The second kappa shape index (κ2) is 8.22. The lowest BCUT2D eigenvalue weighted by atomic mass is 9.95. The Hall–Kier alpha value is -2.54. The third-order valence-electron chi connectivity index (χ3n) is 5.23. The topological polar surface area (TPSA) is 71.0 Å². The first-order valence-corrected chi connectivity index (χ1v) is 10.5. The van der Waals surface area contributed by atoms with Crippen molar-refractivity contribution in [3.05, 3.63) is 42.0 Å². The monoisotopic (exact) mass is 397 g/mol. The van der Waals surface area contributed by atoms with E-state index in [0.717, 1.165) is 41.7 Å². The van der Waals surface area contributed by atoms with Gasteiger partial charge in [0.1, 0.15) is 5.75 Å². The van der Waals surface area contributed by atoms with Gasteiger partial charge < -0.3 is 15.0 Å². The van der Waals surface area contributed by atoms with Crippen molar-refractivity contribution < 1.29 is 14.3 Å². The molecule has 2 aliphatic heterocycles. The van der Waals surface area contributed by atoms with Gasteiger partial charge in [-0.15, -0.1) is 0 Å². The van der Waals surface area contributed by atoms with Gasteiger partial charge in [-0.2, -0.15) is 0 Å². The van der Waals surface area contributed by atoms with Crippen molar-refractivity contribution in [2.24, 2.45) is 10.9 Å². The summed E-state index contributed by atoms with van der Waals surface area (Å²) in [7, 11) is 1.63. The molecule has 0 aromatic heterocycles. The zero-order chi connectivity index (χ0) is 19.5. The van der Waals surface area contributed by atoms with Gasteiger partial charge in [-0.3, -0.25) is 14.6 Å². The molecule has 2 aromatic carbocycles. The van der Waals surface area contributed by atoms with Gasteiger partial charge in [0, 0.05) is 29.8 Å². The maximum Gasteiger partial charge on any atom is 0.254 e. The van der Waals surface area contributed by atoms with E-state index in [2.05, 4.69) is 10.3 Å². The van der Waals surface area contributed by atoms with Crippen LogP contribution in [0.3, 0.4) is 0 Å². The summed E-state index contributed by atoms with van der Waals surface area (Å²) in [4.78, 5) is 31.9. The molecule has 146 valence electrons. The quantitative estimate of drug-likeness (QED) is 0.865. The summed E-state index contributed by atoms with van der Waals surface area (Å²) in [6, 6.07) is 11.4. The molecule has 1 unspecified atom stereocenters. The first-order chi connectivity index (χ1) is 13.7. The Morgan fingerprint density at radius 2 is 2.04 bits per heavy atom. The van der Waals surface area contributed by atoms with Gasteiger partial charge in [0.05, 0.1) is 19.6 Å². The van der Waals surface area contributed by atoms with Gasteiger partial charge >= 0.3 is 0 Å². The number of methoxy groups -OCH3 is 1. The number of piperidine rings is 1. The third kappa shape index (κ3) is 3.71. The van der Waals surface area contributed by atoms with Crippen LogP contribution in [0.2, 0.25) is 0 Å². The molecule has 2 heterocycles. The minimum Gasteiger partial charge on any atom is -0.496 e. The first kappa shape index (κ1) is 18.8. The molecule has 0 radical (unpaired) electrons. The summed E-state index contributed by atoms with van der Waals surface area (Å²) < 4.78 is 5.43. The van der Waals surface area contributed by atoms with Gasteiger partial charge in [-0.25, -0.2) is 0 Å². The van der Waals surface area contributed by atoms with Gasteiger partial charge in [0.2, 0.25) is 5.91 Å². The number of likely N-dealkylation sites (tertiary alicyclic amines) is 1. The summed E-state index contributed by atoms with van der Waals surface area (Å²) in [6.07, 6.45) is 1.61. The molecule has 1 N–H and O–H groups in total. The van der Waals surface area contributed by atoms with E-state index in [4.69, 9.17) is 4.74 Å². The summed E-state index contributed by atoms with van der Waals surface area (Å²) >= 11 is 1.57. The van der Waals surface area contributed by atoms with Crippen LogP contribution in [-0.4, -0.2) is 54.4 Å². The van der Waals surface area contributed by atoms with E-state index in [1.54, 1.807) is 23.8 Å². The molecule has 1 fully saturated rings. The smallest absolute Gasteiger partial charge is 0.254 e. The number of carbonyl (C=O) groups excluding carboxylic acids is 2. The molecule has 6 nitrogen and oxygen atoms in total. The molecule has 2 aromatic rings. The van der Waals surface area contributed by atoms with E-state index in [0.29, 0.717) is 23.8 Å². The van der Waals surface area contributed by atoms with Crippen LogP contribution in [0.25, 0.3) is 10.8 Å². The van der Waals surface area contributed by atoms with Crippen molar-refractivity contribution in [3.8, 4) is 5.75 Å². The largest absolute Gasteiger partial charge is 0.496 e. The van der Waals surface area contributed by atoms with Crippen LogP contribution in [0.15, 0.2) is 41.4 Å². The van der Waals surface area contributed by atoms with E-state index in [-0.39, 0.29) is 17.7 Å². The minimum atomic E-state index is -0.203. The van der Waals surface area contributed by atoms with E-state index in [9.17, 15) is 9.59 Å². The standard InChI is InChI=1S/C21H23N3O3S/c1-27-18-9-8-17(15-6-2-3-7-16(15)18)20(26)24-11-4-5-14(13-24)19(25)23-21-22-10-12-28-21/h2-3,6-9,14H,4-5,10-13H2,1H3,(H,22,23,25). The lowest BCUT2D eigenvalue weighted by Gasteiger charge is -2.32. The highest BCUT2D eigenvalue weighted by Gasteiger charge is 2.30. The number of hydrogen-bond acceptors (Lipinski definition) is 5. The first-order valence-electron chi connectivity index (χ1n) is 9.50. The molecule has 4 rings (SSSR count). The zero-order valence-corrected chi connectivity index (χ0v) is 16.6. The number of ether oxygens (including phenoxy) is 1. The van der Waals surface area contributed by atoms with Crippen molar-refractivity contribution in [2.75, 3.05) is 32.5 Å². The maximum atomic E-state index is 13.3. The second-order valence-corrected chi connectivity index (χ2v) is 8.06. The number of aliphatic imine (C=N–C) groups is 1. The lowest BCUT2D eigenvalue weighted by Crippen LogP contribution is -2.46. The Labute approximate surface area is 168 Å². The summed E-state index contributed by atoms with van der Waals surface area (Å²) in [5, 5.41) is 5.40. The van der Waals surface area contributed by atoms with E-state index in [1.807, 2.05) is 36.4 Å². The van der Waals surface area contributed by atoms with Crippen LogP contribution in [0.1, 0.15) is 23.2 Å². The second-order valence-electron chi connectivity index (χ2n) is 6.98. The van der Waals surface area contributed by atoms with Gasteiger partial charge in [0.15, 0.2) is 5.17 Å². The molecule has 2 amide bonds. The molecule has 0 bridgehead atoms. The molecule has 28 heavy (non-hydrogen) atoms. The molecule has 0 saturated carbocycles. The average Bonchev–Trinajstić information content (AvgIpc) is 3.25. The lowest BCUT2D eigenvalue weighted by molar-refractivity contribution is -0.124. The molecule has 0 aliphatic carbocycles. The molecule has 7 heteroatoms. The van der Waals surface area contributed by atoms with Crippen LogP contribution in [0.5, 0.6) is 5.75 Å². The number of carbonyl (C=O) groups is 2. The van der Waals surface area contributed by atoms with Crippen LogP contribution in [0, 0.1) is 5.92 Å². The molecule has 2 aliphatic rings. The number of hydrogen-bond donors (Lipinski definition) is 1. The summed E-state index contributed by atoms with van der Waals surface area (Å²) in [5.74, 6) is 1.38. The SMILES string of the molecule is COc1ccc(C(=O)N2CCCC(C(=O)NC3=NCCS3)C2)c2ccccc12. The Balaban J connectivity index is 1.53. The van der Waals surface area contributed by atoms with Crippen LogP contribution in [-0.2, 0) is 4.79 Å². The Bertz CT molecular complexity index is 944. The maximum absolute atomic E-state index is 13.3. The van der Waals surface area contributed by atoms with Crippen molar-refractivity contribution in [2.45, 2.75) is 12.8 Å². The number of amidine groups is 1. The van der Waals surface area contributed by atoms with Crippen LogP contribution < -0.4 is 10.1 Å². The van der Waals surface area contributed by atoms with E-state index >= 15 is 0 Å². The molecular weight excluding hydrogens is 374 g/mol. The fourth-order valence-corrected chi connectivity index (χ4v) is 4.53. The molecule has 1 atom stereocenters. The zero-order valence-electron chi connectivity index (χ0n) is 15.8. The number of nitrogens with one attached hydrogen (secondary N) is 1. The van der Waals surface area contributed by atoms with E-state index in [1.165, 1.54) is 0 Å².